The van der Waals surface area contributed by atoms with Crippen molar-refractivity contribution in [2.24, 2.45) is 5.92 Å². The van der Waals surface area contributed by atoms with Gasteiger partial charge in [-0.2, -0.15) is 0 Å². The molecule has 0 bridgehead atoms. The van der Waals surface area contributed by atoms with Crippen molar-refractivity contribution in [1.82, 2.24) is 0 Å². The molecule has 0 heterocycles. The van der Waals surface area contributed by atoms with E-state index in [9.17, 15) is 14.0 Å². The van der Waals surface area contributed by atoms with Gasteiger partial charge in [-0.05, 0) is 12.8 Å². The number of hydrogen-bond donors (Lipinski definition) is 0. The highest BCUT2D eigenvalue weighted by Gasteiger charge is 2.38. The lowest BCUT2D eigenvalue weighted by Gasteiger charge is -2.02. The second kappa shape index (κ2) is 2.98. The summed E-state index contributed by atoms with van der Waals surface area (Å²) in [6, 6.07) is 0. The molecule has 1 aliphatic rings. The number of halogens is 1. The first-order chi connectivity index (χ1) is 5.16. The van der Waals surface area contributed by atoms with Gasteiger partial charge in [0.2, 0.25) is 0 Å². The summed E-state index contributed by atoms with van der Waals surface area (Å²) in [5, 5.41) is 0. The van der Waals surface area contributed by atoms with Crippen molar-refractivity contribution in [2.75, 3.05) is 7.11 Å². The van der Waals surface area contributed by atoms with Gasteiger partial charge in [-0.3, -0.25) is 4.79 Å². The van der Waals surface area contributed by atoms with Crippen LogP contribution >= 0.6 is 0 Å². The highest BCUT2D eigenvalue weighted by Crippen LogP contribution is 2.31. The number of ether oxygens (including phenoxy) is 1. The van der Waals surface area contributed by atoms with Crippen LogP contribution in [0.15, 0.2) is 0 Å². The maximum absolute atomic E-state index is 12.7. The average Bonchev–Trinajstić information content (AvgIpc) is 2.82. The predicted molar refractivity (Wildman–Crippen MR) is 34.6 cm³/mol. The first kappa shape index (κ1) is 8.17. The van der Waals surface area contributed by atoms with Crippen LogP contribution in [0.2, 0.25) is 0 Å². The Morgan fingerprint density at radius 1 is 1.55 bits per heavy atom. The van der Waals surface area contributed by atoms with Crippen molar-refractivity contribution in [1.29, 1.82) is 0 Å². The van der Waals surface area contributed by atoms with Crippen molar-refractivity contribution < 1.29 is 18.7 Å². The Balaban J connectivity index is 2.44. The van der Waals surface area contributed by atoms with Gasteiger partial charge in [0.25, 0.3) is 6.17 Å². The van der Waals surface area contributed by atoms with Crippen LogP contribution in [0.1, 0.15) is 12.8 Å². The Kier molecular flexibility index (Phi) is 2.22. The summed E-state index contributed by atoms with van der Waals surface area (Å²) in [4.78, 5) is 21.3. The molecule has 0 aromatic heterocycles. The summed E-state index contributed by atoms with van der Waals surface area (Å²) in [5.74, 6) is -1.94. The molecule has 0 spiro atoms. The van der Waals surface area contributed by atoms with Crippen LogP contribution in [-0.4, -0.2) is 25.0 Å². The van der Waals surface area contributed by atoms with Crippen molar-refractivity contribution in [3.63, 3.8) is 0 Å². The van der Waals surface area contributed by atoms with Gasteiger partial charge in [-0.15, -0.1) is 0 Å². The number of carbonyl (C=O) groups is 2. The summed E-state index contributed by atoms with van der Waals surface area (Å²) in [5.41, 5.74) is 0. The van der Waals surface area contributed by atoms with Gasteiger partial charge in [0, 0.05) is 5.92 Å². The molecule has 0 aromatic carbocycles. The van der Waals surface area contributed by atoms with E-state index in [0.29, 0.717) is 12.8 Å². The molecule has 1 atom stereocenters. The predicted octanol–water partition coefficient (Wildman–Crippen LogP) is 0.477. The molecule has 1 unspecified atom stereocenters. The average molecular weight is 160 g/mol. The standard InChI is InChI=1S/C7H9FO3/c1-11-7(10)5(8)6(9)4-2-3-4/h4-5H,2-3H2,1H3. The summed E-state index contributed by atoms with van der Waals surface area (Å²) >= 11 is 0. The number of alkyl halides is 1. The van der Waals surface area contributed by atoms with Gasteiger partial charge in [-0.25, -0.2) is 9.18 Å². The Bertz CT molecular complexity index is 186. The van der Waals surface area contributed by atoms with E-state index in [1.807, 2.05) is 0 Å². The van der Waals surface area contributed by atoms with Gasteiger partial charge in [0.15, 0.2) is 5.78 Å². The fourth-order valence-electron chi connectivity index (χ4n) is 0.794. The zero-order valence-corrected chi connectivity index (χ0v) is 6.17. The number of rotatable bonds is 3. The summed E-state index contributed by atoms with van der Waals surface area (Å²) in [6.45, 7) is 0. The van der Waals surface area contributed by atoms with Crippen LogP contribution in [0.25, 0.3) is 0 Å². The minimum absolute atomic E-state index is 0.232. The molecule has 0 amide bonds. The van der Waals surface area contributed by atoms with Crippen LogP contribution in [0.3, 0.4) is 0 Å². The molecule has 0 saturated heterocycles. The molecule has 1 fully saturated rings. The third-order valence-corrected chi connectivity index (χ3v) is 1.64. The van der Waals surface area contributed by atoms with E-state index in [4.69, 9.17) is 0 Å². The number of carbonyl (C=O) groups excluding carboxylic acids is 2. The number of ketones is 1. The van der Waals surface area contributed by atoms with E-state index >= 15 is 0 Å². The fourth-order valence-corrected chi connectivity index (χ4v) is 0.794. The zero-order valence-electron chi connectivity index (χ0n) is 6.17. The van der Waals surface area contributed by atoms with Crippen LogP contribution in [0.4, 0.5) is 4.39 Å². The molecule has 1 aliphatic carbocycles. The highest BCUT2D eigenvalue weighted by atomic mass is 19.1. The molecule has 0 N–H and O–H groups in total. The van der Waals surface area contributed by atoms with Crippen LogP contribution < -0.4 is 0 Å². The SMILES string of the molecule is COC(=O)C(F)C(=O)C1CC1. The van der Waals surface area contributed by atoms with Crippen molar-refractivity contribution in [3.8, 4) is 0 Å². The molecule has 0 radical (unpaired) electrons. The molecular formula is C7H9FO3. The van der Waals surface area contributed by atoms with Crippen LogP contribution in [-0.2, 0) is 14.3 Å². The third-order valence-electron chi connectivity index (χ3n) is 1.64. The lowest BCUT2D eigenvalue weighted by molar-refractivity contribution is -0.151. The molecule has 3 nitrogen and oxygen atoms in total. The maximum Gasteiger partial charge on any atom is 0.348 e. The lowest BCUT2D eigenvalue weighted by atomic mass is 10.2. The topological polar surface area (TPSA) is 43.4 Å². The molecule has 1 rings (SSSR count). The molecule has 62 valence electrons. The molecule has 11 heavy (non-hydrogen) atoms. The number of hydrogen-bond acceptors (Lipinski definition) is 3. The van der Waals surface area contributed by atoms with E-state index in [1.54, 1.807) is 0 Å². The maximum atomic E-state index is 12.7. The Morgan fingerprint density at radius 3 is 2.45 bits per heavy atom. The first-order valence-electron chi connectivity index (χ1n) is 3.42. The second-order valence-corrected chi connectivity index (χ2v) is 2.56. The Morgan fingerprint density at radius 2 is 2.09 bits per heavy atom. The van der Waals surface area contributed by atoms with Crippen LogP contribution in [0.5, 0.6) is 0 Å². The first-order valence-corrected chi connectivity index (χ1v) is 3.42. The van der Waals surface area contributed by atoms with Crippen molar-refractivity contribution in [2.45, 2.75) is 19.0 Å². The quantitative estimate of drug-likeness (QED) is 0.445. The zero-order chi connectivity index (χ0) is 8.43. The van der Waals surface area contributed by atoms with Gasteiger partial charge >= 0.3 is 5.97 Å². The van der Waals surface area contributed by atoms with E-state index in [0.717, 1.165) is 7.11 Å². The summed E-state index contributed by atoms with van der Waals surface area (Å²) in [7, 11) is 1.06. The monoisotopic (exact) mass is 160 g/mol. The Hall–Kier alpha value is -0.930. The summed E-state index contributed by atoms with van der Waals surface area (Å²) < 4.78 is 16.7. The smallest absolute Gasteiger partial charge is 0.348 e. The molecule has 0 aromatic rings. The van der Waals surface area contributed by atoms with Gasteiger partial charge in [0.1, 0.15) is 0 Å². The molecule has 1 saturated carbocycles. The Labute approximate surface area is 63.5 Å². The van der Waals surface area contributed by atoms with Gasteiger partial charge < -0.3 is 4.74 Å². The molecule has 4 heteroatoms. The number of Topliss-reactive ketones (excluding diaryl/α,β-unsaturated/α-hetero) is 1. The lowest BCUT2D eigenvalue weighted by Crippen LogP contribution is -2.27. The van der Waals surface area contributed by atoms with Crippen molar-refractivity contribution in [3.05, 3.63) is 0 Å². The minimum Gasteiger partial charge on any atom is -0.467 e. The van der Waals surface area contributed by atoms with E-state index in [1.165, 1.54) is 0 Å². The van der Waals surface area contributed by atoms with E-state index in [2.05, 4.69) is 4.74 Å². The van der Waals surface area contributed by atoms with Crippen LogP contribution in [0, 0.1) is 5.92 Å². The minimum atomic E-state index is -2.06. The van der Waals surface area contributed by atoms with E-state index < -0.39 is 17.9 Å². The number of methoxy groups -OCH3 is 1. The number of esters is 1. The van der Waals surface area contributed by atoms with Gasteiger partial charge in [-0.1, -0.05) is 0 Å². The van der Waals surface area contributed by atoms with Crippen molar-refractivity contribution >= 4 is 11.8 Å². The fraction of sp³-hybridized carbons (Fsp3) is 0.714. The third kappa shape index (κ3) is 1.76. The molecular weight excluding hydrogens is 151 g/mol. The normalized spacial score (nSPS) is 19.1. The highest BCUT2D eigenvalue weighted by molar-refractivity contribution is 6.03. The molecule has 0 aliphatic heterocycles. The van der Waals surface area contributed by atoms with Gasteiger partial charge in [0.05, 0.1) is 7.11 Å². The second-order valence-electron chi connectivity index (χ2n) is 2.56. The van der Waals surface area contributed by atoms with E-state index in [-0.39, 0.29) is 5.92 Å². The largest absolute Gasteiger partial charge is 0.467 e. The summed E-state index contributed by atoms with van der Waals surface area (Å²) in [6.07, 6.45) is -0.653.